The summed E-state index contributed by atoms with van der Waals surface area (Å²) >= 11 is 3.81. The lowest BCUT2D eigenvalue weighted by molar-refractivity contribution is 0.0994. The van der Waals surface area contributed by atoms with Crippen molar-refractivity contribution < 1.29 is 9.21 Å². The Hall–Kier alpha value is -0.740. The lowest BCUT2D eigenvalue weighted by Gasteiger charge is -2.25. The van der Waals surface area contributed by atoms with E-state index in [1.165, 1.54) is 24.3 Å². The van der Waals surface area contributed by atoms with Gasteiger partial charge in [-0.05, 0) is 51.3 Å². The molecule has 3 rings (SSSR count). The summed E-state index contributed by atoms with van der Waals surface area (Å²) in [6.45, 7) is 0. The molecule has 0 radical (unpaired) electrons. The minimum absolute atomic E-state index is 0.139. The third-order valence-electron chi connectivity index (χ3n) is 3.36. The Morgan fingerprint density at radius 3 is 2.72 bits per heavy atom. The van der Waals surface area contributed by atoms with Gasteiger partial charge in [-0.25, -0.2) is 0 Å². The fourth-order valence-corrected chi connectivity index (χ4v) is 6.94. The molecule has 1 aliphatic heterocycles. The molecule has 96 valence electrons. The van der Waals surface area contributed by atoms with E-state index in [0.29, 0.717) is 11.5 Å². The molecule has 1 aliphatic rings. The van der Waals surface area contributed by atoms with Gasteiger partial charge in [-0.15, -0.1) is 0 Å². The van der Waals surface area contributed by atoms with Crippen LogP contribution in [0.15, 0.2) is 34.7 Å². The van der Waals surface area contributed by atoms with Gasteiger partial charge in [0, 0.05) is 5.39 Å². The minimum Gasteiger partial charge on any atom is -0.453 e. The first-order valence-corrected chi connectivity index (χ1v) is 10.1. The molecule has 2 nitrogen and oxygen atoms in total. The van der Waals surface area contributed by atoms with Crippen LogP contribution in [0.4, 0.5) is 0 Å². The Bertz CT molecular complexity index is 551. The summed E-state index contributed by atoms with van der Waals surface area (Å²) in [6.07, 6.45) is 2.49. The topological polar surface area (TPSA) is 30.2 Å². The van der Waals surface area contributed by atoms with Crippen molar-refractivity contribution in [2.45, 2.75) is 12.8 Å². The van der Waals surface area contributed by atoms with Crippen molar-refractivity contribution in [1.82, 2.24) is 0 Å². The van der Waals surface area contributed by atoms with Gasteiger partial charge < -0.3 is 4.42 Å². The van der Waals surface area contributed by atoms with E-state index in [1.54, 1.807) is 0 Å². The van der Waals surface area contributed by atoms with Crippen molar-refractivity contribution in [1.29, 1.82) is 0 Å². The Balaban J connectivity index is 1.83. The van der Waals surface area contributed by atoms with Gasteiger partial charge >= 0.3 is 0 Å². The molecule has 2 aromatic rings. The van der Waals surface area contributed by atoms with Gasteiger partial charge in [-0.3, -0.25) is 4.79 Å². The van der Waals surface area contributed by atoms with Crippen molar-refractivity contribution in [3.05, 3.63) is 36.1 Å². The first kappa shape index (κ1) is 12.3. The molecule has 1 saturated heterocycles. The quantitative estimate of drug-likeness (QED) is 0.776. The monoisotopic (exact) mass is 326 g/mol. The number of rotatable bonds is 3. The molecule has 0 amide bonds. The normalized spacial score (nSPS) is 20.1. The van der Waals surface area contributed by atoms with Gasteiger partial charge in [0.05, 0.1) is 5.75 Å². The number of carbonyl (C=O) groups is 1. The van der Waals surface area contributed by atoms with Crippen LogP contribution < -0.4 is 0 Å². The van der Waals surface area contributed by atoms with Crippen molar-refractivity contribution in [3.63, 3.8) is 0 Å². The van der Waals surface area contributed by atoms with Crippen molar-refractivity contribution in [2.75, 3.05) is 17.3 Å². The van der Waals surface area contributed by atoms with Gasteiger partial charge in [-0.1, -0.05) is 18.2 Å². The Morgan fingerprint density at radius 2 is 2.00 bits per heavy atom. The Morgan fingerprint density at radius 1 is 1.28 bits per heavy atom. The summed E-state index contributed by atoms with van der Waals surface area (Å²) in [5, 5.41) is 1.01. The molecule has 18 heavy (non-hydrogen) atoms. The number of benzene rings is 1. The number of halogens is 1. The van der Waals surface area contributed by atoms with Gasteiger partial charge in [0.2, 0.25) is 5.78 Å². The molecule has 1 aromatic carbocycles. The van der Waals surface area contributed by atoms with E-state index in [4.69, 9.17) is 4.42 Å². The third-order valence-corrected chi connectivity index (χ3v) is 8.81. The molecule has 1 aromatic heterocycles. The number of Topliss-reactive ketones (excluding diaryl/α,β-unsaturated/α-hetero) is 1. The van der Waals surface area contributed by atoms with E-state index in [1.807, 2.05) is 30.3 Å². The Labute approximate surface area is 115 Å². The standard InChI is InChI=1S/C14H15BrO2S/c15-18(7-3-4-8-18)10-12(16)14-9-11-5-1-2-6-13(11)17-14/h1-2,5-6,9H,3-4,7-8,10H2. The zero-order valence-corrected chi connectivity index (χ0v) is 12.4. The number of hydrogen-bond donors (Lipinski definition) is 0. The van der Waals surface area contributed by atoms with E-state index in [9.17, 15) is 4.79 Å². The highest BCUT2D eigenvalue weighted by Crippen LogP contribution is 2.60. The molecule has 4 heteroatoms. The molecule has 0 atom stereocenters. The molecule has 0 spiro atoms. The maximum Gasteiger partial charge on any atom is 0.207 e. The highest BCUT2D eigenvalue weighted by molar-refractivity contribution is 9.58. The number of fused-ring (bicyclic) bond motifs is 1. The lowest BCUT2D eigenvalue weighted by Crippen LogP contribution is -2.10. The van der Waals surface area contributed by atoms with Gasteiger partial charge in [-0.2, -0.15) is 8.46 Å². The zero-order chi connectivity index (χ0) is 12.6. The van der Waals surface area contributed by atoms with E-state index >= 15 is 0 Å². The average Bonchev–Trinajstić information content (AvgIpc) is 2.95. The van der Waals surface area contributed by atoms with Gasteiger partial charge in [0.1, 0.15) is 5.58 Å². The fourth-order valence-electron chi connectivity index (χ4n) is 2.39. The molecule has 0 bridgehead atoms. The molecule has 1 fully saturated rings. The largest absolute Gasteiger partial charge is 0.453 e. The van der Waals surface area contributed by atoms with Crippen LogP contribution in [0, 0.1) is 0 Å². The van der Waals surface area contributed by atoms with Crippen molar-refractivity contribution >= 4 is 40.0 Å². The maximum absolute atomic E-state index is 12.3. The van der Waals surface area contributed by atoms with Gasteiger partial charge in [0.25, 0.3) is 0 Å². The molecule has 2 heterocycles. The number of para-hydroxylation sites is 1. The van der Waals surface area contributed by atoms with Crippen LogP contribution in [0.1, 0.15) is 23.4 Å². The number of carbonyl (C=O) groups excluding carboxylic acids is 1. The van der Waals surface area contributed by atoms with Gasteiger partial charge in [0.15, 0.2) is 5.76 Å². The zero-order valence-electron chi connectivity index (χ0n) is 10.0. The second-order valence-corrected chi connectivity index (χ2v) is 11.9. The number of furan rings is 1. The summed E-state index contributed by atoms with van der Waals surface area (Å²) in [7, 11) is -0.886. The Kier molecular flexibility index (Phi) is 3.24. The summed E-state index contributed by atoms with van der Waals surface area (Å²) in [4.78, 5) is 12.3. The SMILES string of the molecule is O=C(CS1(Br)CCCC1)c1cc2ccccc2o1. The predicted molar refractivity (Wildman–Crippen MR) is 80.9 cm³/mol. The van der Waals surface area contributed by atoms with Crippen LogP contribution in [-0.4, -0.2) is 23.0 Å². The van der Waals surface area contributed by atoms with Crippen LogP contribution in [-0.2, 0) is 0 Å². The van der Waals surface area contributed by atoms with E-state index in [0.717, 1.165) is 11.0 Å². The van der Waals surface area contributed by atoms with Crippen LogP contribution in [0.5, 0.6) is 0 Å². The fraction of sp³-hybridized carbons (Fsp3) is 0.357. The molecule has 0 aliphatic carbocycles. The highest BCUT2D eigenvalue weighted by atomic mass is 79.9. The van der Waals surface area contributed by atoms with Crippen LogP contribution in [0.3, 0.4) is 0 Å². The molecular formula is C14H15BrO2S. The van der Waals surface area contributed by atoms with Crippen LogP contribution in [0.25, 0.3) is 11.0 Å². The third kappa shape index (κ3) is 2.36. The molecule has 0 saturated carbocycles. The average molecular weight is 327 g/mol. The first-order valence-electron chi connectivity index (χ1n) is 6.14. The number of hydrogen-bond acceptors (Lipinski definition) is 2. The molecule has 0 N–H and O–H groups in total. The molecule has 0 unspecified atom stereocenters. The summed E-state index contributed by atoms with van der Waals surface area (Å²) in [6, 6.07) is 9.62. The minimum atomic E-state index is -0.886. The van der Waals surface area contributed by atoms with Crippen LogP contribution >= 0.6 is 23.3 Å². The molecular weight excluding hydrogens is 312 g/mol. The van der Waals surface area contributed by atoms with Crippen molar-refractivity contribution in [2.24, 2.45) is 0 Å². The maximum atomic E-state index is 12.3. The van der Waals surface area contributed by atoms with E-state index < -0.39 is 8.46 Å². The van der Waals surface area contributed by atoms with E-state index in [-0.39, 0.29) is 5.78 Å². The second kappa shape index (κ2) is 4.74. The smallest absolute Gasteiger partial charge is 0.207 e. The summed E-state index contributed by atoms with van der Waals surface area (Å²) in [5.74, 6) is 3.60. The van der Waals surface area contributed by atoms with E-state index in [2.05, 4.69) is 14.8 Å². The number of ketones is 1. The predicted octanol–water partition coefficient (Wildman–Crippen LogP) is 4.52. The summed E-state index contributed by atoms with van der Waals surface area (Å²) < 4.78 is 5.63. The highest BCUT2D eigenvalue weighted by Gasteiger charge is 2.29. The lowest BCUT2D eigenvalue weighted by atomic mass is 10.2. The first-order chi connectivity index (χ1) is 8.66. The van der Waals surface area contributed by atoms with Crippen LogP contribution in [0.2, 0.25) is 0 Å². The summed E-state index contributed by atoms with van der Waals surface area (Å²) in [5.41, 5.74) is 0.797. The second-order valence-electron chi connectivity index (χ2n) is 4.77. The van der Waals surface area contributed by atoms with Crippen molar-refractivity contribution in [3.8, 4) is 0 Å².